The Labute approximate surface area is 66.2 Å². The average Bonchev–Trinajstić information content (AvgIpc) is 1.87. The summed E-state index contributed by atoms with van der Waals surface area (Å²) < 4.78 is 0. The maximum Gasteiger partial charge on any atom is 0.129 e. The Balaban J connectivity index is 3.20. The molecule has 0 bridgehead atoms. The van der Waals surface area contributed by atoms with Crippen LogP contribution < -0.4 is 11.6 Å². The van der Waals surface area contributed by atoms with E-state index in [-0.39, 0.29) is 0 Å². The van der Waals surface area contributed by atoms with Gasteiger partial charge in [-0.1, -0.05) is 13.8 Å². The van der Waals surface area contributed by atoms with Crippen LogP contribution in [0.4, 0.5) is 0 Å². The Hall–Kier alpha value is -0.380. The summed E-state index contributed by atoms with van der Waals surface area (Å²) in [6, 6.07) is 0. The Morgan fingerprint density at radius 3 is 2.60 bits per heavy atom. The van der Waals surface area contributed by atoms with Gasteiger partial charge in [0.1, 0.15) is 5.84 Å². The Morgan fingerprint density at radius 1 is 1.60 bits per heavy atom. The third-order valence-corrected chi connectivity index (χ3v) is 2.27. The molecule has 0 aliphatic heterocycles. The van der Waals surface area contributed by atoms with Crippen molar-refractivity contribution in [2.24, 2.45) is 22.6 Å². The van der Waals surface area contributed by atoms with Crippen molar-refractivity contribution in [3.63, 3.8) is 0 Å². The smallest absolute Gasteiger partial charge is 0.129 e. The van der Waals surface area contributed by atoms with Crippen molar-refractivity contribution in [2.45, 2.75) is 13.8 Å². The van der Waals surface area contributed by atoms with E-state index in [1.54, 1.807) is 11.8 Å². The lowest BCUT2D eigenvalue weighted by Crippen LogP contribution is -2.17. The highest BCUT2D eigenvalue weighted by molar-refractivity contribution is 7.99. The minimum absolute atomic E-state index is 0.519. The second-order valence-corrected chi connectivity index (χ2v) is 3.56. The largest absolute Gasteiger partial charge is 0.385 e. The van der Waals surface area contributed by atoms with Crippen molar-refractivity contribution >= 4 is 17.6 Å². The first kappa shape index (κ1) is 9.62. The molecule has 0 rings (SSSR count). The van der Waals surface area contributed by atoms with Gasteiger partial charge >= 0.3 is 0 Å². The third kappa shape index (κ3) is 5.75. The maximum atomic E-state index is 5.36. The molecule has 0 aromatic carbocycles. The molecule has 0 saturated carbocycles. The first-order chi connectivity index (χ1) is 4.66. The molecule has 0 spiro atoms. The quantitative estimate of drug-likeness (QED) is 0.275. The van der Waals surface area contributed by atoms with E-state index in [0.717, 1.165) is 11.5 Å². The number of nitrogens with zero attached hydrogens (tertiary/aromatic N) is 1. The highest BCUT2D eigenvalue weighted by Gasteiger charge is 1.95. The van der Waals surface area contributed by atoms with Gasteiger partial charge in [-0.25, -0.2) is 0 Å². The maximum absolute atomic E-state index is 5.36. The van der Waals surface area contributed by atoms with Gasteiger partial charge in [0, 0.05) is 0 Å². The van der Waals surface area contributed by atoms with Crippen molar-refractivity contribution in [3.05, 3.63) is 0 Å². The molecule has 0 aliphatic carbocycles. The first-order valence-corrected chi connectivity index (χ1v) is 4.42. The van der Waals surface area contributed by atoms with Gasteiger partial charge in [0.05, 0.1) is 5.75 Å². The third-order valence-electron chi connectivity index (χ3n) is 0.867. The van der Waals surface area contributed by atoms with Gasteiger partial charge in [0.25, 0.3) is 0 Å². The zero-order chi connectivity index (χ0) is 7.98. The fourth-order valence-corrected chi connectivity index (χ4v) is 1.31. The van der Waals surface area contributed by atoms with Gasteiger partial charge in [0.2, 0.25) is 0 Å². The standard InChI is InChI=1S/C6H15N3S/c1-5(2)3-10-4-6(7)9-8/h5H,3-4,8H2,1-2H3,(H2,7,9). The van der Waals surface area contributed by atoms with Crippen LogP contribution in [-0.4, -0.2) is 17.3 Å². The Kier molecular flexibility index (Phi) is 5.20. The van der Waals surface area contributed by atoms with E-state index in [2.05, 4.69) is 18.9 Å². The van der Waals surface area contributed by atoms with E-state index in [1.807, 2.05) is 0 Å². The van der Waals surface area contributed by atoms with Crippen LogP contribution in [0.25, 0.3) is 0 Å². The zero-order valence-electron chi connectivity index (χ0n) is 6.50. The van der Waals surface area contributed by atoms with Gasteiger partial charge in [0.15, 0.2) is 0 Å². The molecule has 0 aromatic rings. The zero-order valence-corrected chi connectivity index (χ0v) is 7.32. The second kappa shape index (κ2) is 5.41. The lowest BCUT2D eigenvalue weighted by Gasteiger charge is -2.02. The van der Waals surface area contributed by atoms with Crippen LogP contribution in [0, 0.1) is 5.92 Å². The lowest BCUT2D eigenvalue weighted by atomic mass is 10.3. The van der Waals surface area contributed by atoms with Crippen molar-refractivity contribution < 1.29 is 0 Å². The predicted octanol–water partition coefficient (Wildman–Crippen LogP) is 0.607. The minimum Gasteiger partial charge on any atom is -0.385 e. The molecule has 0 fully saturated rings. The van der Waals surface area contributed by atoms with E-state index in [4.69, 9.17) is 11.6 Å². The number of rotatable bonds is 4. The van der Waals surface area contributed by atoms with Gasteiger partial charge in [-0.3, -0.25) is 0 Å². The summed E-state index contributed by atoms with van der Waals surface area (Å²) in [5.74, 6) is 8.01. The van der Waals surface area contributed by atoms with E-state index >= 15 is 0 Å². The van der Waals surface area contributed by atoms with Gasteiger partial charge in [-0.2, -0.15) is 16.9 Å². The molecule has 60 valence electrons. The van der Waals surface area contributed by atoms with Crippen LogP contribution in [0.1, 0.15) is 13.8 Å². The van der Waals surface area contributed by atoms with E-state index < -0.39 is 0 Å². The van der Waals surface area contributed by atoms with Crippen molar-refractivity contribution in [3.8, 4) is 0 Å². The summed E-state index contributed by atoms with van der Waals surface area (Å²) in [6.45, 7) is 4.34. The number of amidine groups is 1. The summed E-state index contributed by atoms with van der Waals surface area (Å²) >= 11 is 1.76. The number of thioether (sulfide) groups is 1. The molecule has 0 saturated heterocycles. The normalized spacial score (nSPS) is 12.5. The highest BCUT2D eigenvalue weighted by atomic mass is 32.2. The number of hydrogen-bond donors (Lipinski definition) is 2. The molecule has 10 heavy (non-hydrogen) atoms. The monoisotopic (exact) mass is 161 g/mol. The lowest BCUT2D eigenvalue weighted by molar-refractivity contribution is 0.751. The molecule has 4 N–H and O–H groups in total. The molecular formula is C6H15N3S. The Bertz CT molecular complexity index is 112. The summed E-state index contributed by atoms with van der Waals surface area (Å²) in [7, 11) is 0. The molecule has 4 heteroatoms. The molecule has 0 aliphatic rings. The molecule has 0 radical (unpaired) electrons. The van der Waals surface area contributed by atoms with E-state index in [1.165, 1.54) is 0 Å². The van der Waals surface area contributed by atoms with Gasteiger partial charge in [-0.15, -0.1) is 0 Å². The van der Waals surface area contributed by atoms with Crippen molar-refractivity contribution in [1.29, 1.82) is 0 Å². The van der Waals surface area contributed by atoms with Crippen LogP contribution in [0.3, 0.4) is 0 Å². The average molecular weight is 161 g/mol. The molecule has 0 atom stereocenters. The second-order valence-electron chi connectivity index (χ2n) is 2.53. The van der Waals surface area contributed by atoms with Crippen LogP contribution in [0.5, 0.6) is 0 Å². The number of nitrogens with two attached hydrogens (primary N) is 2. The van der Waals surface area contributed by atoms with Crippen LogP contribution >= 0.6 is 11.8 Å². The molecule has 0 amide bonds. The molecule has 0 heterocycles. The number of hydrazone groups is 1. The van der Waals surface area contributed by atoms with Crippen LogP contribution in [0.2, 0.25) is 0 Å². The van der Waals surface area contributed by atoms with Crippen molar-refractivity contribution in [1.82, 2.24) is 0 Å². The van der Waals surface area contributed by atoms with E-state index in [0.29, 0.717) is 11.8 Å². The SMILES string of the molecule is CC(C)CSCC(N)=NN. The van der Waals surface area contributed by atoms with E-state index in [9.17, 15) is 0 Å². The summed E-state index contributed by atoms with van der Waals surface area (Å²) in [6.07, 6.45) is 0. The predicted molar refractivity (Wildman–Crippen MR) is 48.0 cm³/mol. The van der Waals surface area contributed by atoms with Crippen molar-refractivity contribution in [2.75, 3.05) is 11.5 Å². The summed E-state index contributed by atoms with van der Waals surface area (Å²) in [4.78, 5) is 0. The first-order valence-electron chi connectivity index (χ1n) is 3.26. The summed E-state index contributed by atoms with van der Waals surface area (Å²) in [5.41, 5.74) is 5.36. The van der Waals surface area contributed by atoms with Gasteiger partial charge < -0.3 is 11.6 Å². The van der Waals surface area contributed by atoms with Gasteiger partial charge in [-0.05, 0) is 11.7 Å². The topological polar surface area (TPSA) is 64.4 Å². The molecule has 0 aromatic heterocycles. The number of hydrogen-bond acceptors (Lipinski definition) is 3. The molecular weight excluding hydrogens is 146 g/mol. The minimum atomic E-state index is 0.519. The molecule has 3 nitrogen and oxygen atoms in total. The fourth-order valence-electron chi connectivity index (χ4n) is 0.436. The van der Waals surface area contributed by atoms with Crippen LogP contribution in [0.15, 0.2) is 5.10 Å². The van der Waals surface area contributed by atoms with Crippen LogP contribution in [-0.2, 0) is 0 Å². The fraction of sp³-hybridized carbons (Fsp3) is 0.833. The molecule has 0 unspecified atom stereocenters. The summed E-state index contributed by atoms with van der Waals surface area (Å²) in [5, 5.41) is 3.36. The Morgan fingerprint density at radius 2 is 2.20 bits per heavy atom. The highest BCUT2D eigenvalue weighted by Crippen LogP contribution is 2.05.